The third-order valence-corrected chi connectivity index (χ3v) is 6.85. The Morgan fingerprint density at radius 2 is 1.51 bits per heavy atom. The molecular weight excluding hydrogens is 470 g/mol. The van der Waals surface area contributed by atoms with Crippen LogP contribution >= 0.6 is 0 Å². The lowest BCUT2D eigenvalue weighted by atomic mass is 10.1. The van der Waals surface area contributed by atoms with E-state index in [1.165, 1.54) is 11.4 Å². The van der Waals surface area contributed by atoms with E-state index in [0.717, 1.165) is 11.8 Å². The zero-order chi connectivity index (χ0) is 26.0. The van der Waals surface area contributed by atoms with Gasteiger partial charge in [0.15, 0.2) is 0 Å². The molecule has 0 bridgehead atoms. The highest BCUT2D eigenvalue weighted by molar-refractivity contribution is 7.92. The Hall–Kier alpha value is -3.27. The second-order valence-electron chi connectivity index (χ2n) is 8.04. The Kier molecular flexibility index (Phi) is 10.4. The molecule has 0 fully saturated rings. The molecule has 2 amide bonds. The monoisotopic (exact) mass is 505 g/mol. The molecule has 0 aliphatic heterocycles. The summed E-state index contributed by atoms with van der Waals surface area (Å²) in [5, 5.41) is 2.63. The van der Waals surface area contributed by atoms with Crippen LogP contribution in [0.5, 0.6) is 11.5 Å². The maximum absolute atomic E-state index is 13.3. The van der Waals surface area contributed by atoms with Crippen LogP contribution < -0.4 is 19.1 Å². The Morgan fingerprint density at radius 3 is 1.97 bits per heavy atom. The summed E-state index contributed by atoms with van der Waals surface area (Å²) in [6, 6.07) is 13.4. The highest BCUT2D eigenvalue weighted by Gasteiger charge is 2.28. The number of nitrogens with zero attached hydrogens (tertiary/aromatic N) is 2. The van der Waals surface area contributed by atoms with Gasteiger partial charge < -0.3 is 19.7 Å². The lowest BCUT2D eigenvalue weighted by molar-refractivity contribution is -0.141. The van der Waals surface area contributed by atoms with Crippen LogP contribution in [0.25, 0.3) is 0 Å². The van der Waals surface area contributed by atoms with Crippen molar-refractivity contribution >= 4 is 27.5 Å². The molecule has 0 aliphatic rings. The van der Waals surface area contributed by atoms with E-state index in [1.54, 1.807) is 55.5 Å². The van der Waals surface area contributed by atoms with E-state index in [4.69, 9.17) is 9.47 Å². The van der Waals surface area contributed by atoms with Crippen molar-refractivity contribution in [1.82, 2.24) is 10.2 Å². The van der Waals surface area contributed by atoms with Gasteiger partial charge in [0, 0.05) is 26.6 Å². The Bertz CT molecular complexity index is 1070. The molecule has 192 valence electrons. The first kappa shape index (κ1) is 28.0. The largest absolute Gasteiger partial charge is 0.497 e. The summed E-state index contributed by atoms with van der Waals surface area (Å²) < 4.78 is 36.4. The molecule has 2 rings (SSSR count). The molecule has 0 spiro atoms. The molecule has 0 saturated carbocycles. The molecule has 10 heteroatoms. The van der Waals surface area contributed by atoms with Gasteiger partial charge in [-0.1, -0.05) is 19.1 Å². The first-order chi connectivity index (χ1) is 16.6. The fourth-order valence-corrected chi connectivity index (χ4v) is 4.73. The quantitative estimate of drug-likeness (QED) is 0.449. The zero-order valence-corrected chi connectivity index (χ0v) is 21.8. The molecule has 1 N–H and O–H groups in total. The normalized spacial score (nSPS) is 11.9. The minimum absolute atomic E-state index is 0.0891. The van der Waals surface area contributed by atoms with Crippen molar-refractivity contribution in [2.24, 2.45) is 0 Å². The fraction of sp³-hybridized carbons (Fsp3) is 0.440. The number of amides is 2. The third kappa shape index (κ3) is 7.88. The first-order valence-electron chi connectivity index (χ1n) is 11.4. The van der Waals surface area contributed by atoms with E-state index in [2.05, 4.69) is 5.32 Å². The van der Waals surface area contributed by atoms with E-state index in [0.29, 0.717) is 30.0 Å². The van der Waals surface area contributed by atoms with Crippen LogP contribution in [0.1, 0.15) is 31.7 Å². The second-order valence-corrected chi connectivity index (χ2v) is 9.95. The smallest absolute Gasteiger partial charge is 0.242 e. The van der Waals surface area contributed by atoms with Gasteiger partial charge in [-0.3, -0.25) is 13.9 Å². The van der Waals surface area contributed by atoms with Crippen molar-refractivity contribution in [2.45, 2.75) is 38.8 Å². The predicted octanol–water partition coefficient (Wildman–Crippen LogP) is 2.80. The zero-order valence-electron chi connectivity index (χ0n) is 21.0. The van der Waals surface area contributed by atoms with E-state index >= 15 is 0 Å². The molecule has 2 aromatic rings. The van der Waals surface area contributed by atoms with Crippen molar-refractivity contribution in [1.29, 1.82) is 0 Å². The fourth-order valence-electron chi connectivity index (χ4n) is 3.77. The van der Waals surface area contributed by atoms with Crippen molar-refractivity contribution in [3.05, 3.63) is 54.1 Å². The number of hydrogen-bond acceptors (Lipinski definition) is 6. The van der Waals surface area contributed by atoms with Gasteiger partial charge in [0.05, 0.1) is 26.2 Å². The molecule has 35 heavy (non-hydrogen) atoms. The lowest BCUT2D eigenvalue weighted by Crippen LogP contribution is -2.48. The van der Waals surface area contributed by atoms with Gasteiger partial charge in [0.2, 0.25) is 21.8 Å². The number of hydrogen-bond donors (Lipinski definition) is 1. The van der Waals surface area contributed by atoms with E-state index < -0.39 is 16.1 Å². The molecule has 0 unspecified atom stereocenters. The van der Waals surface area contributed by atoms with Gasteiger partial charge in [-0.2, -0.15) is 0 Å². The Labute approximate surface area is 208 Å². The summed E-state index contributed by atoms with van der Waals surface area (Å²) >= 11 is 0. The summed E-state index contributed by atoms with van der Waals surface area (Å²) in [6.45, 7) is 2.23. The minimum Gasteiger partial charge on any atom is -0.497 e. The SMILES string of the molecule is CC[C@H](C(=O)NC)N(Cc1ccc(OC)cc1)C(=O)CCCN(c1ccc(OC)cc1)S(C)(=O)=O. The van der Waals surface area contributed by atoms with Crippen LogP contribution in [0.4, 0.5) is 5.69 Å². The van der Waals surface area contributed by atoms with Gasteiger partial charge in [-0.15, -0.1) is 0 Å². The van der Waals surface area contributed by atoms with E-state index in [1.807, 2.05) is 19.1 Å². The summed E-state index contributed by atoms with van der Waals surface area (Å²) in [4.78, 5) is 27.3. The molecule has 0 aromatic heterocycles. The summed E-state index contributed by atoms with van der Waals surface area (Å²) in [5.74, 6) is 0.848. The standard InChI is InChI=1S/C25H35N3O6S/c1-6-23(25(30)26-2)27(18-19-9-13-21(33-3)14-10-19)24(29)8-7-17-28(35(5,31)32)20-11-15-22(34-4)16-12-20/h9-16,23H,6-8,17-18H2,1-5H3,(H,26,30)/t23-/m1/s1. The average molecular weight is 506 g/mol. The topological polar surface area (TPSA) is 105 Å². The van der Waals surface area contributed by atoms with Crippen LogP contribution in [-0.2, 0) is 26.2 Å². The van der Waals surface area contributed by atoms with Gasteiger partial charge in [0.25, 0.3) is 0 Å². The first-order valence-corrected chi connectivity index (χ1v) is 13.2. The van der Waals surface area contributed by atoms with Crippen molar-refractivity contribution in [3.63, 3.8) is 0 Å². The second kappa shape index (κ2) is 13.0. The predicted molar refractivity (Wildman–Crippen MR) is 136 cm³/mol. The molecular formula is C25H35N3O6S. The summed E-state index contributed by atoms with van der Waals surface area (Å²) in [7, 11) is 1.10. The van der Waals surface area contributed by atoms with Crippen molar-refractivity contribution < 1.29 is 27.5 Å². The molecule has 0 saturated heterocycles. The van der Waals surface area contributed by atoms with Crippen LogP contribution in [0.2, 0.25) is 0 Å². The highest BCUT2D eigenvalue weighted by Crippen LogP contribution is 2.23. The lowest BCUT2D eigenvalue weighted by Gasteiger charge is -2.31. The van der Waals surface area contributed by atoms with Gasteiger partial charge in [0.1, 0.15) is 17.5 Å². The minimum atomic E-state index is -3.56. The Morgan fingerprint density at radius 1 is 0.971 bits per heavy atom. The number of sulfonamides is 1. The number of methoxy groups -OCH3 is 2. The van der Waals surface area contributed by atoms with E-state index in [9.17, 15) is 18.0 Å². The van der Waals surface area contributed by atoms with Gasteiger partial charge in [-0.25, -0.2) is 8.42 Å². The maximum Gasteiger partial charge on any atom is 0.242 e. The van der Waals surface area contributed by atoms with Crippen LogP contribution in [0.3, 0.4) is 0 Å². The summed E-state index contributed by atoms with van der Waals surface area (Å²) in [5.41, 5.74) is 1.35. The van der Waals surface area contributed by atoms with Crippen LogP contribution in [-0.4, -0.2) is 65.2 Å². The molecule has 0 aliphatic carbocycles. The number of ether oxygens (including phenoxy) is 2. The van der Waals surface area contributed by atoms with Gasteiger partial charge >= 0.3 is 0 Å². The number of anilines is 1. The third-order valence-electron chi connectivity index (χ3n) is 5.66. The van der Waals surface area contributed by atoms with Crippen molar-refractivity contribution in [2.75, 3.05) is 38.4 Å². The number of rotatable bonds is 13. The maximum atomic E-state index is 13.3. The number of nitrogens with one attached hydrogen (secondary N) is 1. The number of likely N-dealkylation sites (N-methyl/N-ethyl adjacent to an activating group) is 1. The Balaban J connectivity index is 2.17. The average Bonchev–Trinajstić information content (AvgIpc) is 2.85. The van der Waals surface area contributed by atoms with Crippen LogP contribution in [0, 0.1) is 0 Å². The summed E-state index contributed by atoms with van der Waals surface area (Å²) in [6.07, 6.45) is 1.96. The number of carbonyl (C=O) groups is 2. The molecule has 9 nitrogen and oxygen atoms in total. The molecule has 0 heterocycles. The molecule has 1 atom stereocenters. The number of carbonyl (C=O) groups excluding carboxylic acids is 2. The van der Waals surface area contributed by atoms with Gasteiger partial charge in [-0.05, 0) is 54.8 Å². The molecule has 0 radical (unpaired) electrons. The van der Waals surface area contributed by atoms with Crippen molar-refractivity contribution in [3.8, 4) is 11.5 Å². The van der Waals surface area contributed by atoms with E-state index in [-0.39, 0.29) is 31.3 Å². The number of benzene rings is 2. The van der Waals surface area contributed by atoms with Crippen LogP contribution in [0.15, 0.2) is 48.5 Å². The highest BCUT2D eigenvalue weighted by atomic mass is 32.2. The molecule has 2 aromatic carbocycles.